The van der Waals surface area contributed by atoms with Gasteiger partial charge in [0.15, 0.2) is 6.61 Å². The van der Waals surface area contributed by atoms with Crippen LogP contribution >= 0.6 is 11.6 Å². The molecule has 7 nitrogen and oxygen atoms in total. The van der Waals surface area contributed by atoms with Gasteiger partial charge < -0.3 is 14.5 Å². The maximum absolute atomic E-state index is 13.4. The second-order valence-corrected chi connectivity index (χ2v) is 9.22. The number of carbonyl (C=O) groups excluding carboxylic acids is 1. The summed E-state index contributed by atoms with van der Waals surface area (Å²) in [6.07, 6.45) is -2.23. The van der Waals surface area contributed by atoms with E-state index in [2.05, 4.69) is 20.3 Å². The highest BCUT2D eigenvalue weighted by Crippen LogP contribution is 2.67. The number of rotatable bonds is 8. The third-order valence-corrected chi connectivity index (χ3v) is 6.60. The number of benzene rings is 1. The van der Waals surface area contributed by atoms with Crippen LogP contribution in [0.4, 0.5) is 17.6 Å². The molecule has 1 amide bonds. The van der Waals surface area contributed by atoms with Gasteiger partial charge in [-0.2, -0.15) is 0 Å². The number of hydrogen-bond donors (Lipinski definition) is 1. The predicted molar refractivity (Wildman–Crippen MR) is 100 cm³/mol. The second-order valence-electron chi connectivity index (χ2n) is 8.81. The summed E-state index contributed by atoms with van der Waals surface area (Å²) in [5.41, 5.74) is -0.658. The molecule has 1 aromatic carbocycles. The Morgan fingerprint density at radius 1 is 1.28 bits per heavy atom. The van der Waals surface area contributed by atoms with Gasteiger partial charge in [-0.25, -0.2) is 4.39 Å². The van der Waals surface area contributed by atoms with Crippen LogP contribution in [-0.4, -0.2) is 41.2 Å². The second kappa shape index (κ2) is 7.31. The van der Waals surface area contributed by atoms with Gasteiger partial charge in [0.2, 0.25) is 11.8 Å². The Labute approximate surface area is 184 Å². The third-order valence-electron chi connectivity index (χ3n) is 6.29. The smallest absolute Gasteiger partial charge is 0.484 e. The van der Waals surface area contributed by atoms with Crippen molar-refractivity contribution in [3.8, 4) is 5.75 Å². The van der Waals surface area contributed by atoms with Gasteiger partial charge in [0, 0.05) is 17.5 Å². The fraction of sp³-hybridized carbons (Fsp3) is 0.550. The minimum atomic E-state index is -4.65. The molecule has 0 saturated heterocycles. The Morgan fingerprint density at radius 2 is 2.03 bits per heavy atom. The molecule has 32 heavy (non-hydrogen) atoms. The lowest BCUT2D eigenvalue weighted by molar-refractivity contribution is -0.326. The van der Waals surface area contributed by atoms with E-state index in [1.807, 2.05) is 0 Å². The number of halogens is 5. The highest BCUT2D eigenvalue weighted by molar-refractivity contribution is 6.30. The number of alkyl halides is 3. The largest absolute Gasteiger partial charge is 0.522 e. The van der Waals surface area contributed by atoms with Gasteiger partial charge in [-0.1, -0.05) is 11.6 Å². The zero-order valence-electron chi connectivity index (χ0n) is 16.5. The molecule has 2 aromatic rings. The summed E-state index contributed by atoms with van der Waals surface area (Å²) in [4.78, 5) is 12.2. The van der Waals surface area contributed by atoms with E-state index in [0.29, 0.717) is 37.5 Å². The molecule has 172 valence electrons. The average Bonchev–Trinajstić information content (AvgIpc) is 3.29. The molecule has 0 aliphatic heterocycles. The third kappa shape index (κ3) is 4.03. The molecule has 2 bridgehead atoms. The maximum atomic E-state index is 13.4. The Morgan fingerprint density at radius 3 is 2.72 bits per heavy atom. The first-order valence-corrected chi connectivity index (χ1v) is 10.4. The molecule has 1 N–H and O–H groups in total. The van der Waals surface area contributed by atoms with Crippen molar-refractivity contribution in [2.45, 2.75) is 48.9 Å². The summed E-state index contributed by atoms with van der Waals surface area (Å²) in [6, 6.07) is 3.93. The van der Waals surface area contributed by atoms with Crippen molar-refractivity contribution in [3.05, 3.63) is 40.8 Å². The molecule has 1 aromatic heterocycles. The Kier molecular flexibility index (Phi) is 4.90. The van der Waals surface area contributed by atoms with E-state index in [0.717, 1.165) is 6.07 Å². The average molecular weight is 476 g/mol. The van der Waals surface area contributed by atoms with Crippen molar-refractivity contribution >= 4 is 17.5 Å². The first-order valence-electron chi connectivity index (χ1n) is 10.00. The zero-order chi connectivity index (χ0) is 22.7. The number of amides is 1. The van der Waals surface area contributed by atoms with Crippen LogP contribution in [-0.2, 0) is 14.9 Å². The fourth-order valence-electron chi connectivity index (χ4n) is 4.73. The molecule has 4 saturated carbocycles. The molecule has 0 radical (unpaired) electrons. The van der Waals surface area contributed by atoms with Gasteiger partial charge in [0.05, 0.1) is 17.0 Å². The first-order chi connectivity index (χ1) is 15.1. The molecule has 2 unspecified atom stereocenters. The van der Waals surface area contributed by atoms with E-state index < -0.39 is 18.8 Å². The van der Waals surface area contributed by atoms with Gasteiger partial charge in [-0.15, -0.1) is 23.4 Å². The topological polar surface area (TPSA) is 86.5 Å². The predicted octanol–water partition coefficient (Wildman–Crippen LogP) is 3.87. The maximum Gasteiger partial charge on any atom is 0.522 e. The van der Waals surface area contributed by atoms with Crippen LogP contribution in [0.2, 0.25) is 5.02 Å². The normalized spacial score (nSPS) is 30.3. The van der Waals surface area contributed by atoms with Crippen LogP contribution < -0.4 is 10.1 Å². The molecular weight excluding hydrogens is 458 g/mol. The van der Waals surface area contributed by atoms with Crippen LogP contribution in [0.1, 0.15) is 43.4 Å². The highest BCUT2D eigenvalue weighted by Gasteiger charge is 2.72. The number of nitrogens with zero attached hydrogens (tertiary/aromatic N) is 2. The summed E-state index contributed by atoms with van der Waals surface area (Å²) in [6.45, 7) is -0.680. The molecule has 6 rings (SSSR count). The molecule has 2 atom stereocenters. The van der Waals surface area contributed by atoms with E-state index >= 15 is 0 Å². The lowest BCUT2D eigenvalue weighted by atomic mass is 9.39. The van der Waals surface area contributed by atoms with E-state index in [1.54, 1.807) is 0 Å². The van der Waals surface area contributed by atoms with Crippen molar-refractivity contribution < 1.29 is 36.2 Å². The van der Waals surface area contributed by atoms with Crippen LogP contribution in [0.5, 0.6) is 5.75 Å². The van der Waals surface area contributed by atoms with E-state index in [1.165, 1.54) is 12.1 Å². The Hall–Kier alpha value is -2.40. The van der Waals surface area contributed by atoms with Gasteiger partial charge in [0.25, 0.3) is 5.91 Å². The molecule has 4 fully saturated rings. The summed E-state index contributed by atoms with van der Waals surface area (Å²) < 4.78 is 64.8. The summed E-state index contributed by atoms with van der Waals surface area (Å²) in [7, 11) is 0. The standard InChI is InChI=1S/C20H18ClF4N3O4/c21-13-2-1-11(4-14(13)22)30-6-15(29)26-19-7-18(8-19,9-19)17-28-27-16(32-17)12-3-10(12)5-31-20(23,24)25/h1-2,4,10,12H,3,5-9H2,(H,26,29). The van der Waals surface area contributed by atoms with Crippen LogP contribution in [0.15, 0.2) is 22.6 Å². The molecule has 12 heteroatoms. The Bertz CT molecular complexity index is 1040. The number of aromatic nitrogens is 2. The van der Waals surface area contributed by atoms with Crippen LogP contribution in [0, 0.1) is 11.7 Å². The van der Waals surface area contributed by atoms with Crippen molar-refractivity contribution in [1.29, 1.82) is 0 Å². The van der Waals surface area contributed by atoms with Crippen molar-refractivity contribution in [1.82, 2.24) is 15.5 Å². The number of carbonyl (C=O) groups is 1. The minimum Gasteiger partial charge on any atom is -0.484 e. The molecule has 0 spiro atoms. The number of hydrogen-bond acceptors (Lipinski definition) is 6. The monoisotopic (exact) mass is 475 g/mol. The Balaban J connectivity index is 1.08. The van der Waals surface area contributed by atoms with Gasteiger partial charge in [-0.05, 0) is 43.7 Å². The van der Waals surface area contributed by atoms with Gasteiger partial charge in [-0.3, -0.25) is 9.53 Å². The van der Waals surface area contributed by atoms with Crippen molar-refractivity contribution in [3.63, 3.8) is 0 Å². The minimum absolute atomic E-state index is 0.0306. The van der Waals surface area contributed by atoms with Gasteiger partial charge >= 0.3 is 6.36 Å². The van der Waals surface area contributed by atoms with Crippen LogP contribution in [0.25, 0.3) is 0 Å². The van der Waals surface area contributed by atoms with E-state index in [9.17, 15) is 22.4 Å². The summed E-state index contributed by atoms with van der Waals surface area (Å²) in [5.74, 6) is -0.456. The molecule has 4 aliphatic carbocycles. The number of ether oxygens (including phenoxy) is 2. The van der Waals surface area contributed by atoms with Crippen LogP contribution in [0.3, 0.4) is 0 Å². The van der Waals surface area contributed by atoms with E-state index in [-0.39, 0.29) is 46.1 Å². The summed E-state index contributed by atoms with van der Waals surface area (Å²) >= 11 is 5.61. The van der Waals surface area contributed by atoms with E-state index in [4.69, 9.17) is 20.8 Å². The van der Waals surface area contributed by atoms with Crippen molar-refractivity contribution in [2.75, 3.05) is 13.2 Å². The van der Waals surface area contributed by atoms with Gasteiger partial charge in [0.1, 0.15) is 11.6 Å². The van der Waals surface area contributed by atoms with Crippen molar-refractivity contribution in [2.24, 2.45) is 5.92 Å². The zero-order valence-corrected chi connectivity index (χ0v) is 17.3. The first kappa shape index (κ1) is 21.4. The molecule has 1 heterocycles. The fourth-order valence-corrected chi connectivity index (χ4v) is 4.85. The molecular formula is C20H18ClF4N3O4. The lowest BCUT2D eigenvalue weighted by Gasteiger charge is -2.68. The lowest BCUT2D eigenvalue weighted by Crippen LogP contribution is -2.77. The molecule has 4 aliphatic rings. The quantitative estimate of drug-likeness (QED) is 0.583. The SMILES string of the molecule is O=C(COc1ccc(Cl)c(F)c1)NC12CC(c3nnc(C4CC4COC(F)(F)F)o3)(C1)C2. The highest BCUT2D eigenvalue weighted by atomic mass is 35.5. The number of nitrogens with one attached hydrogen (secondary N) is 1. The summed E-state index contributed by atoms with van der Waals surface area (Å²) in [5, 5.41) is 11.0.